The van der Waals surface area contributed by atoms with Crippen LogP contribution in [0.1, 0.15) is 20.3 Å². The molecule has 0 saturated heterocycles. The van der Waals surface area contributed by atoms with Crippen LogP contribution in [0.15, 0.2) is 12.4 Å². The van der Waals surface area contributed by atoms with Gasteiger partial charge in [0.05, 0.1) is 12.4 Å². The predicted molar refractivity (Wildman–Crippen MR) is 59.8 cm³/mol. The van der Waals surface area contributed by atoms with Crippen LogP contribution in [-0.2, 0) is 0 Å². The maximum atomic E-state index is 4.43. The number of hydrogen-bond acceptors (Lipinski definition) is 4. The molecule has 0 saturated carbocycles. The molecule has 0 atom stereocenters. The largest absolute Gasteiger partial charge is 0.369 e. The Morgan fingerprint density at radius 3 is 2.79 bits per heavy atom. The van der Waals surface area contributed by atoms with Gasteiger partial charge in [0, 0.05) is 20.1 Å². The normalized spacial score (nSPS) is 9.93. The number of rotatable bonds is 5. The molecule has 0 spiro atoms. The summed E-state index contributed by atoms with van der Waals surface area (Å²) < 4.78 is 0. The van der Waals surface area contributed by atoms with Crippen molar-refractivity contribution < 1.29 is 0 Å². The van der Waals surface area contributed by atoms with Crippen LogP contribution in [0.5, 0.6) is 0 Å². The minimum atomic E-state index is 0.852. The molecular formula is C10H18N4. The Hall–Kier alpha value is -1.32. The molecule has 0 aliphatic heterocycles. The Labute approximate surface area is 85.4 Å². The highest BCUT2D eigenvalue weighted by Gasteiger charge is 2.01. The molecule has 1 N–H and O–H groups in total. The van der Waals surface area contributed by atoms with Crippen molar-refractivity contribution >= 4 is 11.6 Å². The van der Waals surface area contributed by atoms with Gasteiger partial charge >= 0.3 is 0 Å². The number of hydrogen-bond donors (Lipinski definition) is 1. The van der Waals surface area contributed by atoms with E-state index in [-0.39, 0.29) is 0 Å². The van der Waals surface area contributed by atoms with Crippen LogP contribution >= 0.6 is 0 Å². The maximum absolute atomic E-state index is 4.43. The van der Waals surface area contributed by atoms with Crippen LogP contribution in [-0.4, -0.2) is 30.1 Å². The van der Waals surface area contributed by atoms with E-state index in [1.807, 2.05) is 7.05 Å². The molecule has 1 rings (SSSR count). The van der Waals surface area contributed by atoms with Crippen LogP contribution in [0.4, 0.5) is 11.6 Å². The molecule has 0 aliphatic carbocycles. The van der Waals surface area contributed by atoms with Crippen molar-refractivity contribution in [2.24, 2.45) is 0 Å². The minimum absolute atomic E-state index is 0.852. The fourth-order valence-electron chi connectivity index (χ4n) is 1.04. The zero-order chi connectivity index (χ0) is 10.4. The Kier molecular flexibility index (Phi) is 4.16. The second-order valence-electron chi connectivity index (χ2n) is 3.20. The molecule has 78 valence electrons. The third-order valence-electron chi connectivity index (χ3n) is 2.04. The van der Waals surface area contributed by atoms with Crippen LogP contribution in [0.25, 0.3) is 0 Å². The fraction of sp³-hybridized carbons (Fsp3) is 0.600. The van der Waals surface area contributed by atoms with E-state index in [0.29, 0.717) is 0 Å². The molecule has 1 aromatic rings. The summed E-state index contributed by atoms with van der Waals surface area (Å²) in [7, 11) is 2.01. The van der Waals surface area contributed by atoms with Crippen molar-refractivity contribution in [2.75, 3.05) is 30.4 Å². The van der Waals surface area contributed by atoms with E-state index in [2.05, 4.69) is 34.0 Å². The standard InChI is InChI=1S/C10H18N4/c1-4-6-12-9-7-11-8-10(13-9)14(3)5-2/h7-8H,4-6H2,1-3H3,(H,12,13). The molecule has 1 heterocycles. The first-order chi connectivity index (χ1) is 6.77. The lowest BCUT2D eigenvalue weighted by Crippen LogP contribution is -2.18. The molecule has 14 heavy (non-hydrogen) atoms. The average molecular weight is 194 g/mol. The Bertz CT molecular complexity index is 275. The minimum Gasteiger partial charge on any atom is -0.369 e. The summed E-state index contributed by atoms with van der Waals surface area (Å²) in [6.07, 6.45) is 4.62. The second-order valence-corrected chi connectivity index (χ2v) is 3.20. The monoisotopic (exact) mass is 194 g/mol. The molecule has 0 aliphatic rings. The Balaban J connectivity index is 2.68. The van der Waals surface area contributed by atoms with Crippen molar-refractivity contribution in [1.82, 2.24) is 9.97 Å². The van der Waals surface area contributed by atoms with Gasteiger partial charge in [0.15, 0.2) is 0 Å². The van der Waals surface area contributed by atoms with Gasteiger partial charge < -0.3 is 10.2 Å². The summed E-state index contributed by atoms with van der Waals surface area (Å²) in [6.45, 7) is 6.09. The highest BCUT2D eigenvalue weighted by Crippen LogP contribution is 2.09. The third-order valence-corrected chi connectivity index (χ3v) is 2.04. The summed E-state index contributed by atoms with van der Waals surface area (Å²) in [6, 6.07) is 0. The van der Waals surface area contributed by atoms with Gasteiger partial charge in [-0.25, -0.2) is 4.98 Å². The van der Waals surface area contributed by atoms with Crippen LogP contribution in [0.2, 0.25) is 0 Å². The van der Waals surface area contributed by atoms with Crippen molar-refractivity contribution in [2.45, 2.75) is 20.3 Å². The Morgan fingerprint density at radius 2 is 2.14 bits per heavy atom. The Morgan fingerprint density at radius 1 is 1.36 bits per heavy atom. The molecule has 1 aromatic heterocycles. The van der Waals surface area contributed by atoms with E-state index in [1.54, 1.807) is 12.4 Å². The third kappa shape index (κ3) is 2.87. The summed E-state index contributed by atoms with van der Waals surface area (Å²) >= 11 is 0. The van der Waals surface area contributed by atoms with Gasteiger partial charge in [-0.2, -0.15) is 0 Å². The molecule has 0 fully saturated rings. The number of aromatic nitrogens is 2. The van der Waals surface area contributed by atoms with Gasteiger partial charge in [-0.3, -0.25) is 4.98 Å². The lowest BCUT2D eigenvalue weighted by molar-refractivity contribution is 0.917. The van der Waals surface area contributed by atoms with Gasteiger partial charge in [0.1, 0.15) is 11.6 Å². The predicted octanol–water partition coefficient (Wildman–Crippen LogP) is 1.75. The van der Waals surface area contributed by atoms with E-state index >= 15 is 0 Å². The van der Waals surface area contributed by atoms with Crippen molar-refractivity contribution in [3.63, 3.8) is 0 Å². The van der Waals surface area contributed by atoms with E-state index in [4.69, 9.17) is 0 Å². The molecule has 4 nitrogen and oxygen atoms in total. The molecule has 0 unspecified atom stereocenters. The lowest BCUT2D eigenvalue weighted by atomic mass is 10.5. The molecule has 0 bridgehead atoms. The first-order valence-corrected chi connectivity index (χ1v) is 5.05. The summed E-state index contributed by atoms with van der Waals surface area (Å²) in [5, 5.41) is 3.21. The molecular weight excluding hydrogens is 176 g/mol. The number of nitrogens with one attached hydrogen (secondary N) is 1. The van der Waals surface area contributed by atoms with Crippen molar-refractivity contribution in [1.29, 1.82) is 0 Å². The number of nitrogens with zero attached hydrogens (tertiary/aromatic N) is 3. The fourth-order valence-corrected chi connectivity index (χ4v) is 1.04. The zero-order valence-electron chi connectivity index (χ0n) is 9.12. The first-order valence-electron chi connectivity index (χ1n) is 5.05. The van der Waals surface area contributed by atoms with Gasteiger partial charge in [-0.1, -0.05) is 6.92 Å². The highest BCUT2D eigenvalue weighted by molar-refractivity contribution is 5.42. The van der Waals surface area contributed by atoms with Gasteiger partial charge in [-0.05, 0) is 13.3 Å². The molecule has 0 radical (unpaired) electrons. The SMILES string of the molecule is CCCNc1cncc(N(C)CC)n1. The smallest absolute Gasteiger partial charge is 0.149 e. The summed E-state index contributed by atoms with van der Waals surface area (Å²) in [5.74, 6) is 1.76. The maximum Gasteiger partial charge on any atom is 0.149 e. The van der Waals surface area contributed by atoms with Crippen LogP contribution in [0.3, 0.4) is 0 Å². The second kappa shape index (κ2) is 5.42. The zero-order valence-corrected chi connectivity index (χ0v) is 9.12. The topological polar surface area (TPSA) is 41.1 Å². The summed E-state index contributed by atoms with van der Waals surface area (Å²) in [4.78, 5) is 10.6. The first kappa shape index (κ1) is 10.8. The van der Waals surface area contributed by atoms with Gasteiger partial charge in [0.2, 0.25) is 0 Å². The van der Waals surface area contributed by atoms with Crippen molar-refractivity contribution in [3.05, 3.63) is 12.4 Å². The molecule has 0 amide bonds. The van der Waals surface area contributed by atoms with Crippen molar-refractivity contribution in [3.8, 4) is 0 Å². The van der Waals surface area contributed by atoms with Gasteiger partial charge in [0.25, 0.3) is 0 Å². The average Bonchev–Trinajstić information content (AvgIpc) is 2.25. The van der Waals surface area contributed by atoms with Gasteiger partial charge in [-0.15, -0.1) is 0 Å². The van der Waals surface area contributed by atoms with E-state index < -0.39 is 0 Å². The van der Waals surface area contributed by atoms with Crippen LogP contribution in [0, 0.1) is 0 Å². The quantitative estimate of drug-likeness (QED) is 0.775. The lowest BCUT2D eigenvalue weighted by Gasteiger charge is -2.15. The van der Waals surface area contributed by atoms with E-state index in [1.165, 1.54) is 0 Å². The summed E-state index contributed by atoms with van der Waals surface area (Å²) in [5.41, 5.74) is 0. The molecule has 4 heteroatoms. The number of anilines is 2. The van der Waals surface area contributed by atoms with E-state index in [9.17, 15) is 0 Å². The van der Waals surface area contributed by atoms with E-state index in [0.717, 1.165) is 31.1 Å². The van der Waals surface area contributed by atoms with Crippen LogP contribution < -0.4 is 10.2 Å². The highest BCUT2D eigenvalue weighted by atomic mass is 15.2. The molecule has 0 aromatic carbocycles.